The minimum absolute atomic E-state index is 0.674. The lowest BCUT2D eigenvalue weighted by atomic mass is 9.87. The first-order valence-electron chi connectivity index (χ1n) is 5.00. The quantitative estimate of drug-likeness (QED) is 0.582. The molecule has 2 rings (SSSR count). The average molecular weight is 161 g/mol. The predicted octanol–water partition coefficient (Wildman–Crippen LogP) is 3.37. The molecule has 0 heterocycles. The Morgan fingerprint density at radius 1 is 1.33 bits per heavy atom. The normalized spacial score (nSPS) is 29.2. The summed E-state index contributed by atoms with van der Waals surface area (Å²) in [7, 11) is 0. The highest BCUT2D eigenvalue weighted by Gasteiger charge is 2.26. The molecule has 0 aliphatic heterocycles. The predicted molar refractivity (Wildman–Crippen MR) is 52.6 cm³/mol. The summed E-state index contributed by atoms with van der Waals surface area (Å²) in [6.07, 6.45) is 12.2. The van der Waals surface area contributed by atoms with Crippen LogP contribution in [0.2, 0.25) is 0 Å². The third-order valence-corrected chi connectivity index (χ3v) is 2.84. The van der Waals surface area contributed by atoms with Gasteiger partial charge in [-0.3, -0.25) is 0 Å². The van der Waals surface area contributed by atoms with Crippen LogP contribution in [0, 0.1) is 24.2 Å². The van der Waals surface area contributed by atoms with Gasteiger partial charge in [-0.25, -0.2) is 0 Å². The summed E-state index contributed by atoms with van der Waals surface area (Å²) in [5.41, 5.74) is 1.56. The van der Waals surface area contributed by atoms with Gasteiger partial charge in [0.1, 0.15) is 0 Å². The van der Waals surface area contributed by atoms with Crippen LogP contribution in [0.4, 0.5) is 0 Å². The van der Waals surface area contributed by atoms with E-state index in [0.29, 0.717) is 5.92 Å². The maximum Gasteiger partial charge on any atom is -0.00931 e. The van der Waals surface area contributed by atoms with E-state index in [9.17, 15) is 0 Å². The highest BCUT2D eigenvalue weighted by molar-refractivity contribution is 5.33. The Morgan fingerprint density at radius 2 is 2.08 bits per heavy atom. The maximum atomic E-state index is 2.36. The van der Waals surface area contributed by atoms with Crippen molar-refractivity contribution in [2.45, 2.75) is 26.7 Å². The van der Waals surface area contributed by atoms with E-state index in [4.69, 9.17) is 0 Å². The molecule has 0 N–H and O–H groups in total. The van der Waals surface area contributed by atoms with Gasteiger partial charge in [-0.15, -0.1) is 0 Å². The van der Waals surface area contributed by atoms with Crippen molar-refractivity contribution in [1.82, 2.24) is 0 Å². The van der Waals surface area contributed by atoms with Crippen LogP contribution < -0.4 is 0 Å². The standard InChI is InChI=1S/C12H17/c1-9(2)10-3-5-11(6-4-10)12-7-8-12/h3-6,9-10,12H,7-8H2,1-2H3. The summed E-state index contributed by atoms with van der Waals surface area (Å²) in [6.45, 7) is 4.56. The second kappa shape index (κ2) is 3.08. The molecule has 0 nitrogen and oxygen atoms in total. The molecular weight excluding hydrogens is 144 g/mol. The van der Waals surface area contributed by atoms with Crippen LogP contribution >= 0.6 is 0 Å². The van der Waals surface area contributed by atoms with Crippen LogP contribution in [0.1, 0.15) is 26.7 Å². The molecule has 0 aromatic heterocycles. The zero-order valence-electron chi connectivity index (χ0n) is 7.96. The maximum absolute atomic E-state index is 2.36. The van der Waals surface area contributed by atoms with E-state index in [1.165, 1.54) is 12.8 Å². The van der Waals surface area contributed by atoms with E-state index in [1.807, 2.05) is 0 Å². The van der Waals surface area contributed by atoms with Gasteiger partial charge in [0.25, 0.3) is 0 Å². The highest BCUT2D eigenvalue weighted by Crippen LogP contribution is 2.39. The lowest BCUT2D eigenvalue weighted by Crippen LogP contribution is -2.08. The Bertz CT molecular complexity index is 216. The Morgan fingerprint density at radius 3 is 2.50 bits per heavy atom. The smallest absolute Gasteiger partial charge is 0.00931 e. The van der Waals surface area contributed by atoms with Gasteiger partial charge in [0.15, 0.2) is 0 Å². The average Bonchev–Trinajstić information content (AvgIpc) is 2.87. The fourth-order valence-corrected chi connectivity index (χ4v) is 1.70. The van der Waals surface area contributed by atoms with Gasteiger partial charge >= 0.3 is 0 Å². The molecule has 65 valence electrons. The summed E-state index contributed by atoms with van der Waals surface area (Å²) < 4.78 is 0. The van der Waals surface area contributed by atoms with Crippen molar-refractivity contribution in [2.24, 2.45) is 17.8 Å². The van der Waals surface area contributed by atoms with Gasteiger partial charge in [-0.05, 0) is 42.6 Å². The number of hydrogen-bond acceptors (Lipinski definition) is 0. The van der Waals surface area contributed by atoms with Crippen molar-refractivity contribution >= 4 is 0 Å². The largest absolute Gasteiger partial charge is 0.0803 e. The molecular formula is C12H17. The first-order valence-corrected chi connectivity index (χ1v) is 5.00. The molecule has 12 heavy (non-hydrogen) atoms. The van der Waals surface area contributed by atoms with E-state index < -0.39 is 0 Å². The van der Waals surface area contributed by atoms with Gasteiger partial charge in [0.2, 0.25) is 0 Å². The molecule has 0 heteroatoms. The van der Waals surface area contributed by atoms with Crippen LogP contribution in [0.5, 0.6) is 0 Å². The van der Waals surface area contributed by atoms with Crippen molar-refractivity contribution in [1.29, 1.82) is 0 Å². The molecule has 1 atom stereocenters. The van der Waals surface area contributed by atoms with Crippen LogP contribution in [-0.4, -0.2) is 0 Å². The highest BCUT2D eigenvalue weighted by atomic mass is 14.3. The van der Waals surface area contributed by atoms with Crippen molar-refractivity contribution in [3.63, 3.8) is 0 Å². The van der Waals surface area contributed by atoms with Crippen molar-refractivity contribution in [3.05, 3.63) is 30.2 Å². The minimum atomic E-state index is 0.674. The third-order valence-electron chi connectivity index (χ3n) is 2.84. The molecule has 1 radical (unpaired) electrons. The Labute approximate surface area is 75.4 Å². The molecule has 2 aliphatic carbocycles. The summed E-state index contributed by atoms with van der Waals surface area (Å²) in [5, 5.41) is 0. The SMILES string of the molecule is CC(C)C1[CH]C=C(C2CC2)C=C1. The molecule has 0 bridgehead atoms. The molecule has 1 fully saturated rings. The summed E-state index contributed by atoms with van der Waals surface area (Å²) >= 11 is 0. The fraction of sp³-hybridized carbons (Fsp3) is 0.583. The van der Waals surface area contributed by atoms with Crippen molar-refractivity contribution in [2.75, 3.05) is 0 Å². The number of rotatable bonds is 2. The van der Waals surface area contributed by atoms with Gasteiger partial charge in [-0.1, -0.05) is 32.1 Å². The van der Waals surface area contributed by atoms with E-state index in [-0.39, 0.29) is 0 Å². The Balaban J connectivity index is 1.96. The molecule has 0 aromatic rings. The molecule has 0 saturated heterocycles. The van der Waals surface area contributed by atoms with E-state index in [1.54, 1.807) is 5.57 Å². The fourth-order valence-electron chi connectivity index (χ4n) is 1.70. The molecule has 0 aromatic carbocycles. The molecule has 0 amide bonds. The van der Waals surface area contributed by atoms with E-state index >= 15 is 0 Å². The second-order valence-electron chi connectivity index (χ2n) is 4.31. The van der Waals surface area contributed by atoms with Crippen LogP contribution in [0.3, 0.4) is 0 Å². The Kier molecular flexibility index (Phi) is 2.08. The summed E-state index contributed by atoms with van der Waals surface area (Å²) in [4.78, 5) is 0. The van der Waals surface area contributed by atoms with Gasteiger partial charge in [0, 0.05) is 0 Å². The first kappa shape index (κ1) is 8.10. The van der Waals surface area contributed by atoms with Gasteiger partial charge < -0.3 is 0 Å². The first-order chi connectivity index (χ1) is 5.77. The number of hydrogen-bond donors (Lipinski definition) is 0. The van der Waals surface area contributed by atoms with Crippen molar-refractivity contribution < 1.29 is 0 Å². The molecule has 2 aliphatic rings. The topological polar surface area (TPSA) is 0 Å². The monoisotopic (exact) mass is 161 g/mol. The Hall–Kier alpha value is -0.520. The van der Waals surface area contributed by atoms with Crippen LogP contribution in [0.15, 0.2) is 23.8 Å². The lowest BCUT2D eigenvalue weighted by molar-refractivity contribution is 0.526. The van der Waals surface area contributed by atoms with Crippen LogP contribution in [0.25, 0.3) is 0 Å². The summed E-state index contributed by atoms with van der Waals surface area (Å²) in [6, 6.07) is 0. The lowest BCUT2D eigenvalue weighted by Gasteiger charge is -2.18. The van der Waals surface area contributed by atoms with E-state index in [2.05, 4.69) is 38.5 Å². The molecule has 1 saturated carbocycles. The zero-order valence-corrected chi connectivity index (χ0v) is 7.96. The van der Waals surface area contributed by atoms with Gasteiger partial charge in [-0.2, -0.15) is 0 Å². The van der Waals surface area contributed by atoms with Crippen LogP contribution in [-0.2, 0) is 0 Å². The molecule has 1 unspecified atom stereocenters. The van der Waals surface area contributed by atoms with Crippen molar-refractivity contribution in [3.8, 4) is 0 Å². The second-order valence-corrected chi connectivity index (χ2v) is 4.31. The van der Waals surface area contributed by atoms with E-state index in [0.717, 1.165) is 11.8 Å². The van der Waals surface area contributed by atoms with Gasteiger partial charge in [0.05, 0.1) is 0 Å². The zero-order chi connectivity index (χ0) is 8.55. The minimum Gasteiger partial charge on any atom is -0.0803 e. The summed E-state index contributed by atoms with van der Waals surface area (Å²) in [5.74, 6) is 2.33. The third kappa shape index (κ3) is 1.63. The molecule has 0 spiro atoms. The number of allylic oxidation sites excluding steroid dienone is 4.